The molecule has 4 aliphatic heterocycles. The van der Waals surface area contributed by atoms with E-state index in [2.05, 4.69) is 35.6 Å². The molecule has 3 aromatic carbocycles. The predicted molar refractivity (Wildman–Crippen MR) is 299 cm³/mol. The molecule has 0 spiro atoms. The number of aromatic amines is 1. The van der Waals surface area contributed by atoms with Gasteiger partial charge in [0.15, 0.2) is 0 Å². The number of likely N-dealkylation sites (tertiary alicyclic amines) is 2. The summed E-state index contributed by atoms with van der Waals surface area (Å²) in [6, 6.07) is 18.8. The van der Waals surface area contributed by atoms with Crippen LogP contribution in [0.15, 0.2) is 88.3 Å². The van der Waals surface area contributed by atoms with Crippen molar-refractivity contribution < 1.29 is 28.4 Å². The molecule has 0 bridgehead atoms. The Morgan fingerprint density at radius 1 is 0.756 bits per heavy atom. The number of hydrogen-bond donors (Lipinski definition) is 4. The van der Waals surface area contributed by atoms with Crippen molar-refractivity contribution in [3.63, 3.8) is 0 Å². The first-order valence-corrected chi connectivity index (χ1v) is 28.2. The second kappa shape index (κ2) is 26.7. The third kappa shape index (κ3) is 14.1. The Hall–Kier alpha value is -6.83. The number of aliphatic imine (C=N–C) groups is 1. The van der Waals surface area contributed by atoms with Crippen molar-refractivity contribution in [2.75, 3.05) is 112 Å². The molecule has 4 saturated heterocycles. The lowest BCUT2D eigenvalue weighted by atomic mass is 9.83. The summed E-state index contributed by atoms with van der Waals surface area (Å²) < 4.78 is 15.1. The fourth-order valence-corrected chi connectivity index (χ4v) is 12.2. The third-order valence-electron chi connectivity index (χ3n) is 16.8. The fourth-order valence-electron chi connectivity index (χ4n) is 12.2. The summed E-state index contributed by atoms with van der Waals surface area (Å²) >= 11 is 0. The number of nitrogens with two attached hydrogens (primary N) is 1. The Morgan fingerprint density at radius 2 is 1.49 bits per heavy atom. The van der Waals surface area contributed by atoms with E-state index in [9.17, 15) is 28.8 Å². The van der Waals surface area contributed by atoms with E-state index >= 15 is 4.39 Å². The second-order valence-corrected chi connectivity index (χ2v) is 21.9. The van der Waals surface area contributed by atoms with E-state index in [4.69, 9.17) is 5.73 Å². The van der Waals surface area contributed by atoms with Crippen LogP contribution in [0.25, 0.3) is 10.8 Å². The maximum Gasteiger partial charge on any atom is 0.272 e. The Balaban J connectivity index is 0.701. The molecule has 4 aromatic rings. The second-order valence-electron chi connectivity index (χ2n) is 21.9. The van der Waals surface area contributed by atoms with Crippen molar-refractivity contribution in [2.24, 2.45) is 22.6 Å². The molecule has 18 nitrogen and oxygen atoms in total. The molecular weight excluding hydrogens is 992 g/mol. The Bertz CT molecular complexity index is 2880. The maximum atomic E-state index is 15.1. The van der Waals surface area contributed by atoms with Gasteiger partial charge in [0.05, 0.1) is 29.7 Å². The minimum absolute atomic E-state index is 0.00873. The van der Waals surface area contributed by atoms with Gasteiger partial charge in [-0.3, -0.25) is 43.6 Å². The molecule has 5 fully saturated rings. The van der Waals surface area contributed by atoms with Gasteiger partial charge in [-0.1, -0.05) is 55.7 Å². The summed E-state index contributed by atoms with van der Waals surface area (Å²) in [5.41, 5.74) is 9.04. The predicted octanol–water partition coefficient (Wildman–Crippen LogP) is 4.01. The number of piperazine rings is 2. The van der Waals surface area contributed by atoms with Gasteiger partial charge in [0.1, 0.15) is 11.9 Å². The Labute approximate surface area is 456 Å². The van der Waals surface area contributed by atoms with Crippen LogP contribution < -0.4 is 21.9 Å². The van der Waals surface area contributed by atoms with Gasteiger partial charge in [-0.05, 0) is 117 Å². The third-order valence-corrected chi connectivity index (χ3v) is 16.8. The topological polar surface area (TPSA) is 213 Å². The zero-order chi connectivity index (χ0) is 54.5. The van der Waals surface area contributed by atoms with E-state index in [0.717, 1.165) is 102 Å². The molecule has 1 saturated carbocycles. The number of hydrogen-bond acceptors (Lipinski definition) is 12. The molecule has 1 aromatic heterocycles. The van der Waals surface area contributed by atoms with Crippen molar-refractivity contribution >= 4 is 46.5 Å². The van der Waals surface area contributed by atoms with Crippen LogP contribution in [-0.4, -0.2) is 193 Å². The molecule has 5 N–H and O–H groups in total. The van der Waals surface area contributed by atoms with Gasteiger partial charge in [0.2, 0.25) is 17.7 Å². The smallest absolute Gasteiger partial charge is 0.272 e. The van der Waals surface area contributed by atoms with E-state index in [0.29, 0.717) is 105 Å². The summed E-state index contributed by atoms with van der Waals surface area (Å²) in [6.45, 7) is 8.94. The normalized spacial score (nSPS) is 20.1. The van der Waals surface area contributed by atoms with Crippen LogP contribution in [0.2, 0.25) is 0 Å². The monoisotopic (exact) mass is 1070 g/mol. The van der Waals surface area contributed by atoms with Crippen LogP contribution in [0.5, 0.6) is 0 Å². The van der Waals surface area contributed by atoms with Crippen LogP contribution in [0.3, 0.4) is 0 Å². The quantitative estimate of drug-likeness (QED) is 0.111. The van der Waals surface area contributed by atoms with Gasteiger partial charge in [-0.15, -0.1) is 0 Å². The minimum Gasteiger partial charge on any atom is -0.404 e. The number of aromatic nitrogens is 2. The largest absolute Gasteiger partial charge is 0.404 e. The van der Waals surface area contributed by atoms with Gasteiger partial charge in [0.25, 0.3) is 17.4 Å². The number of fused-ring (bicyclic) bond motifs is 1. The Morgan fingerprint density at radius 3 is 2.23 bits per heavy atom. The van der Waals surface area contributed by atoms with Crippen molar-refractivity contribution in [1.29, 1.82) is 0 Å². The number of nitrogens with one attached hydrogen (secondary N) is 3. The van der Waals surface area contributed by atoms with Crippen LogP contribution in [-0.2, 0) is 20.8 Å². The first-order chi connectivity index (χ1) is 37.9. The molecule has 0 radical (unpaired) electrons. The number of amides is 5. The molecule has 5 amide bonds. The zero-order valence-electron chi connectivity index (χ0n) is 45.2. The highest BCUT2D eigenvalue weighted by Crippen LogP contribution is 2.31. The number of benzene rings is 3. The molecule has 416 valence electrons. The lowest BCUT2D eigenvalue weighted by Crippen LogP contribution is -2.57. The summed E-state index contributed by atoms with van der Waals surface area (Å²) in [6.07, 6.45) is 12.2. The van der Waals surface area contributed by atoms with Crippen LogP contribution in [0, 0.1) is 17.7 Å². The standard InChI is InChI=1S/C59H77FN12O6/c1-62-35-43(34-61)36-63-37-53(73)72-20-8-13-47(39-72)45-11-7-12-46(33-45)56(75)64-55(44-9-3-2-4-10-44)59(78)71-25-23-68(24-26-71)38-41-18-21-67(22-19-41)40-54(74)69-27-29-70(30-28-69)58(77)50-31-42(16-17-51(50)60)32-52-48-14-5-6-15-49(48)57(76)66-65-52/h5-7,11-12,14-17,31,33-35,41,44,47,55,63H,2-4,8-10,13,18-30,32,36-40,61H2,1H3,(H,64,75)(H,66,76)/b43-34+,62-35?. The number of H-pyrrole nitrogens is 1. The number of halogens is 1. The van der Waals surface area contributed by atoms with Crippen molar-refractivity contribution in [3.8, 4) is 0 Å². The van der Waals surface area contributed by atoms with E-state index < -0.39 is 17.8 Å². The van der Waals surface area contributed by atoms with Crippen molar-refractivity contribution in [2.45, 2.75) is 76.2 Å². The summed E-state index contributed by atoms with van der Waals surface area (Å²) in [5, 5.41) is 14.4. The summed E-state index contributed by atoms with van der Waals surface area (Å²) in [5.74, 6) is -0.528. The lowest BCUT2D eigenvalue weighted by molar-refractivity contribution is -0.137. The van der Waals surface area contributed by atoms with Crippen LogP contribution >= 0.6 is 0 Å². The number of nitrogens with zero attached hydrogens (tertiary/aromatic N) is 8. The highest BCUT2D eigenvalue weighted by atomic mass is 19.1. The molecule has 2 atom stereocenters. The molecule has 5 heterocycles. The van der Waals surface area contributed by atoms with Crippen LogP contribution in [0.1, 0.15) is 101 Å². The molecular formula is C59H77FN12O6. The number of piperidine rings is 2. The summed E-state index contributed by atoms with van der Waals surface area (Å²) in [4.78, 5) is 97.1. The highest BCUT2D eigenvalue weighted by Gasteiger charge is 2.37. The first kappa shape index (κ1) is 55.9. The van der Waals surface area contributed by atoms with E-state index in [-0.39, 0.29) is 53.1 Å². The van der Waals surface area contributed by atoms with Gasteiger partial charge < -0.3 is 36.0 Å². The zero-order valence-corrected chi connectivity index (χ0v) is 45.2. The van der Waals surface area contributed by atoms with Crippen molar-refractivity contribution in [3.05, 3.63) is 123 Å². The maximum absolute atomic E-state index is 15.1. The van der Waals surface area contributed by atoms with Gasteiger partial charge >= 0.3 is 0 Å². The van der Waals surface area contributed by atoms with E-state index in [1.165, 1.54) is 12.3 Å². The average Bonchev–Trinajstić information content (AvgIpc) is 3.50. The molecule has 19 heteroatoms. The molecule has 9 rings (SSSR count). The minimum atomic E-state index is -0.609. The molecule has 1 aliphatic carbocycles. The van der Waals surface area contributed by atoms with Gasteiger partial charge in [-0.25, -0.2) is 9.49 Å². The number of rotatable bonds is 17. The molecule has 5 aliphatic rings. The van der Waals surface area contributed by atoms with Gasteiger partial charge in [-0.2, -0.15) is 5.10 Å². The van der Waals surface area contributed by atoms with Crippen molar-refractivity contribution in [1.82, 2.24) is 50.2 Å². The van der Waals surface area contributed by atoms with E-state index in [1.54, 1.807) is 47.3 Å². The lowest BCUT2D eigenvalue weighted by Gasteiger charge is -2.41. The highest BCUT2D eigenvalue weighted by molar-refractivity contribution is 5.98. The average molecular weight is 1070 g/mol. The Kier molecular flexibility index (Phi) is 19.1. The molecule has 2 unspecified atom stereocenters. The first-order valence-electron chi connectivity index (χ1n) is 28.2. The number of carbonyl (C=O) groups is 5. The van der Waals surface area contributed by atoms with Crippen LogP contribution in [0.4, 0.5) is 4.39 Å². The SMILES string of the molecule is CN=C/C(=C\N)CNCC(=O)N1CCCC(c2cccc(C(=O)NC(C(=O)N3CCN(CC4CCN(CC(=O)N5CCN(C(=O)c6cc(Cc7n[nH]c(=O)c8ccccc78)ccc6F)CC5)CC4)CC3)C3CCCCC3)c2)C1. The van der Waals surface area contributed by atoms with E-state index in [1.807, 2.05) is 46.2 Å². The molecule has 78 heavy (non-hydrogen) atoms. The summed E-state index contributed by atoms with van der Waals surface area (Å²) in [7, 11) is 1.68. The number of carbonyl (C=O) groups excluding carboxylic acids is 5. The van der Waals surface area contributed by atoms with Gasteiger partial charge in [0, 0.05) is 115 Å². The fraction of sp³-hybridized carbons (Fsp3) is 0.525.